The van der Waals surface area contributed by atoms with Crippen molar-refractivity contribution in [1.82, 2.24) is 25.0 Å². The number of carbonyl (C=O) groups excluding carboxylic acids is 1. The van der Waals surface area contributed by atoms with Gasteiger partial charge in [0.2, 0.25) is 11.8 Å². The molecule has 3 heterocycles. The van der Waals surface area contributed by atoms with E-state index in [4.69, 9.17) is 9.15 Å². The molecule has 9 heteroatoms. The van der Waals surface area contributed by atoms with Crippen LogP contribution < -0.4 is 4.74 Å². The molecule has 1 aliphatic rings. The number of pyridine rings is 1. The highest BCUT2D eigenvalue weighted by atomic mass is 32.2. The summed E-state index contributed by atoms with van der Waals surface area (Å²) in [6.07, 6.45) is 3.67. The van der Waals surface area contributed by atoms with Gasteiger partial charge in [0.1, 0.15) is 5.75 Å². The fourth-order valence-electron chi connectivity index (χ4n) is 3.24. The van der Waals surface area contributed by atoms with Crippen LogP contribution in [0.25, 0.3) is 11.5 Å². The summed E-state index contributed by atoms with van der Waals surface area (Å²) in [5.41, 5.74) is 2.00. The lowest BCUT2D eigenvalue weighted by Gasteiger charge is -2.34. The number of nitrogens with zero attached hydrogens (tertiary/aromatic N) is 5. The van der Waals surface area contributed by atoms with Gasteiger partial charge >= 0.3 is 0 Å². The van der Waals surface area contributed by atoms with Gasteiger partial charge in [0.25, 0.3) is 5.22 Å². The number of benzene rings is 1. The van der Waals surface area contributed by atoms with Crippen molar-refractivity contribution in [1.29, 1.82) is 0 Å². The van der Waals surface area contributed by atoms with Crippen molar-refractivity contribution >= 4 is 17.7 Å². The van der Waals surface area contributed by atoms with Crippen LogP contribution in [0.5, 0.6) is 5.75 Å². The number of ether oxygens (including phenoxy) is 1. The van der Waals surface area contributed by atoms with Crippen LogP contribution in [-0.4, -0.2) is 69.9 Å². The van der Waals surface area contributed by atoms with E-state index in [0.717, 1.165) is 44.0 Å². The molecule has 1 amide bonds. The van der Waals surface area contributed by atoms with Crippen molar-refractivity contribution in [2.24, 2.45) is 0 Å². The van der Waals surface area contributed by atoms with E-state index < -0.39 is 0 Å². The van der Waals surface area contributed by atoms with Crippen molar-refractivity contribution in [3.8, 4) is 17.2 Å². The summed E-state index contributed by atoms with van der Waals surface area (Å²) in [5.74, 6) is 1.56. The minimum atomic E-state index is 0.0882. The Morgan fingerprint density at radius 2 is 1.93 bits per heavy atom. The van der Waals surface area contributed by atoms with E-state index in [2.05, 4.69) is 26.1 Å². The number of rotatable bonds is 7. The van der Waals surface area contributed by atoms with Crippen molar-refractivity contribution in [3.63, 3.8) is 0 Å². The Balaban J connectivity index is 1.24. The molecule has 0 unspecified atom stereocenters. The zero-order valence-electron chi connectivity index (χ0n) is 16.7. The van der Waals surface area contributed by atoms with E-state index >= 15 is 0 Å². The molecule has 0 atom stereocenters. The maximum Gasteiger partial charge on any atom is 0.277 e. The molecule has 4 rings (SSSR count). The van der Waals surface area contributed by atoms with Crippen molar-refractivity contribution in [3.05, 3.63) is 54.4 Å². The molecular formula is C21H23N5O3S. The predicted molar refractivity (Wildman–Crippen MR) is 113 cm³/mol. The molecule has 2 aromatic heterocycles. The van der Waals surface area contributed by atoms with Gasteiger partial charge in [0.15, 0.2) is 0 Å². The fourth-order valence-corrected chi connectivity index (χ4v) is 3.90. The highest BCUT2D eigenvalue weighted by molar-refractivity contribution is 7.99. The molecule has 30 heavy (non-hydrogen) atoms. The van der Waals surface area contributed by atoms with Gasteiger partial charge in [-0.3, -0.25) is 14.7 Å². The van der Waals surface area contributed by atoms with Crippen LogP contribution in [0.4, 0.5) is 0 Å². The highest BCUT2D eigenvalue weighted by Gasteiger charge is 2.22. The van der Waals surface area contributed by atoms with Crippen molar-refractivity contribution in [2.75, 3.05) is 39.0 Å². The van der Waals surface area contributed by atoms with Gasteiger partial charge in [-0.1, -0.05) is 17.8 Å². The second-order valence-corrected chi connectivity index (χ2v) is 7.84. The normalized spacial score (nSPS) is 14.6. The van der Waals surface area contributed by atoms with Crippen LogP contribution in [0.15, 0.2) is 58.4 Å². The van der Waals surface area contributed by atoms with Gasteiger partial charge in [-0.05, 0) is 35.9 Å². The number of amides is 1. The van der Waals surface area contributed by atoms with E-state index in [1.54, 1.807) is 13.3 Å². The zero-order chi connectivity index (χ0) is 20.8. The summed E-state index contributed by atoms with van der Waals surface area (Å²) in [5, 5.41) is 8.50. The predicted octanol–water partition coefficient (Wildman–Crippen LogP) is 2.58. The van der Waals surface area contributed by atoms with Crippen LogP contribution in [0, 0.1) is 0 Å². The first-order valence-corrected chi connectivity index (χ1v) is 10.7. The lowest BCUT2D eigenvalue weighted by molar-refractivity contribution is -0.130. The third-order valence-corrected chi connectivity index (χ3v) is 5.72. The summed E-state index contributed by atoms with van der Waals surface area (Å²) in [6, 6.07) is 11.4. The number of hydrogen-bond acceptors (Lipinski definition) is 8. The maximum atomic E-state index is 12.6. The molecule has 156 valence electrons. The number of aromatic nitrogens is 3. The molecule has 8 nitrogen and oxygen atoms in total. The Morgan fingerprint density at radius 3 is 2.63 bits per heavy atom. The lowest BCUT2D eigenvalue weighted by Crippen LogP contribution is -2.48. The van der Waals surface area contributed by atoms with Gasteiger partial charge < -0.3 is 14.1 Å². The fraction of sp³-hybridized carbons (Fsp3) is 0.333. The largest absolute Gasteiger partial charge is 0.497 e. The van der Waals surface area contributed by atoms with Gasteiger partial charge in [-0.25, -0.2) is 0 Å². The standard InChI is InChI=1S/C21H23N5O3S/c1-28-18-6-4-17(5-7-18)20-23-24-21(29-20)30-15-19(27)26-11-9-25(10-12-26)14-16-3-2-8-22-13-16/h2-8,13H,9-12,14-15H2,1H3. The number of thioether (sulfide) groups is 1. The maximum absolute atomic E-state index is 12.6. The van der Waals surface area contributed by atoms with E-state index in [1.807, 2.05) is 41.4 Å². The van der Waals surface area contributed by atoms with Gasteiger partial charge in [-0.2, -0.15) is 0 Å². The molecule has 0 N–H and O–H groups in total. The third kappa shape index (κ3) is 5.17. The van der Waals surface area contributed by atoms with E-state index in [1.165, 1.54) is 17.3 Å². The average molecular weight is 426 g/mol. The zero-order valence-corrected chi connectivity index (χ0v) is 17.5. The molecule has 3 aromatic rings. The molecule has 1 aromatic carbocycles. The molecule has 1 fully saturated rings. The molecule has 1 saturated heterocycles. The van der Waals surface area contributed by atoms with Gasteiger partial charge in [0, 0.05) is 50.7 Å². The summed E-state index contributed by atoms with van der Waals surface area (Å²) in [6.45, 7) is 4.02. The Kier molecular flexibility index (Phi) is 6.60. The second kappa shape index (κ2) is 9.73. The minimum absolute atomic E-state index is 0.0882. The van der Waals surface area contributed by atoms with Crippen LogP contribution in [0.3, 0.4) is 0 Å². The first-order chi connectivity index (χ1) is 14.7. The number of hydrogen-bond donors (Lipinski definition) is 0. The van der Waals surface area contributed by atoms with E-state index in [0.29, 0.717) is 11.1 Å². The van der Waals surface area contributed by atoms with Crippen LogP contribution >= 0.6 is 11.8 Å². The van der Waals surface area contributed by atoms with E-state index in [-0.39, 0.29) is 11.7 Å². The molecule has 1 aliphatic heterocycles. The Hall–Kier alpha value is -2.91. The number of piperazine rings is 1. The van der Waals surface area contributed by atoms with Gasteiger partial charge in [0.05, 0.1) is 12.9 Å². The van der Waals surface area contributed by atoms with Crippen molar-refractivity contribution in [2.45, 2.75) is 11.8 Å². The SMILES string of the molecule is COc1ccc(-c2nnc(SCC(=O)N3CCN(Cc4cccnc4)CC3)o2)cc1. The summed E-state index contributed by atoms with van der Waals surface area (Å²) >= 11 is 1.27. The van der Waals surface area contributed by atoms with Crippen LogP contribution in [-0.2, 0) is 11.3 Å². The quantitative estimate of drug-likeness (QED) is 0.534. The summed E-state index contributed by atoms with van der Waals surface area (Å²) in [4.78, 5) is 20.9. The lowest BCUT2D eigenvalue weighted by atomic mass is 10.2. The second-order valence-electron chi connectivity index (χ2n) is 6.91. The number of methoxy groups -OCH3 is 1. The molecule has 0 saturated carbocycles. The molecule has 0 radical (unpaired) electrons. The minimum Gasteiger partial charge on any atom is -0.497 e. The van der Waals surface area contributed by atoms with Crippen LogP contribution in [0.1, 0.15) is 5.56 Å². The van der Waals surface area contributed by atoms with Crippen LogP contribution in [0.2, 0.25) is 0 Å². The molecule has 0 spiro atoms. The first kappa shape index (κ1) is 20.4. The smallest absolute Gasteiger partial charge is 0.277 e. The number of carbonyl (C=O) groups is 1. The summed E-state index contributed by atoms with van der Waals surface area (Å²) in [7, 11) is 1.62. The van der Waals surface area contributed by atoms with E-state index in [9.17, 15) is 4.79 Å². The topological polar surface area (TPSA) is 84.6 Å². The molecular weight excluding hydrogens is 402 g/mol. The Morgan fingerprint density at radius 1 is 1.13 bits per heavy atom. The Labute approximate surface area is 179 Å². The molecule has 0 aliphatic carbocycles. The average Bonchev–Trinajstić information content (AvgIpc) is 3.28. The first-order valence-electron chi connectivity index (χ1n) is 9.71. The third-order valence-electron chi connectivity index (χ3n) is 4.92. The monoisotopic (exact) mass is 425 g/mol. The Bertz CT molecular complexity index is 956. The molecule has 0 bridgehead atoms. The highest BCUT2D eigenvalue weighted by Crippen LogP contribution is 2.25. The summed E-state index contributed by atoms with van der Waals surface area (Å²) < 4.78 is 10.8. The van der Waals surface area contributed by atoms with Crippen molar-refractivity contribution < 1.29 is 13.9 Å². The van der Waals surface area contributed by atoms with Gasteiger partial charge in [-0.15, -0.1) is 10.2 Å².